The van der Waals surface area contributed by atoms with Gasteiger partial charge in [-0.1, -0.05) is 18.2 Å². The first-order valence-electron chi connectivity index (χ1n) is 9.58. The van der Waals surface area contributed by atoms with E-state index in [4.69, 9.17) is 5.73 Å². The fourth-order valence-electron chi connectivity index (χ4n) is 3.25. The molecule has 6 heteroatoms. The Labute approximate surface area is 165 Å². The fourth-order valence-corrected chi connectivity index (χ4v) is 3.25. The SMILES string of the molecule is CCNC(=O)/C=C/c1ccc(N)nc1.O=C(c1ccccc1)N1CC2CC2C1. The molecule has 0 radical (unpaired) electrons. The van der Waals surface area contributed by atoms with Gasteiger partial charge < -0.3 is 16.0 Å². The summed E-state index contributed by atoms with van der Waals surface area (Å²) in [5.41, 5.74) is 7.10. The molecule has 2 amide bonds. The molecule has 3 N–H and O–H groups in total. The Balaban J connectivity index is 0.000000161. The van der Waals surface area contributed by atoms with Crippen LogP contribution in [0.2, 0.25) is 0 Å². The van der Waals surface area contributed by atoms with E-state index in [1.165, 1.54) is 12.5 Å². The van der Waals surface area contributed by atoms with Crippen molar-refractivity contribution >= 4 is 23.7 Å². The average Bonchev–Trinajstić information content (AvgIpc) is 3.33. The van der Waals surface area contributed by atoms with Crippen LogP contribution in [-0.4, -0.2) is 41.3 Å². The Bertz CT molecular complexity index is 823. The van der Waals surface area contributed by atoms with Crippen molar-refractivity contribution in [2.24, 2.45) is 11.8 Å². The summed E-state index contributed by atoms with van der Waals surface area (Å²) in [6, 6.07) is 13.1. The lowest BCUT2D eigenvalue weighted by Gasteiger charge is -2.17. The van der Waals surface area contributed by atoms with Crippen LogP contribution in [0.15, 0.2) is 54.7 Å². The number of hydrogen-bond donors (Lipinski definition) is 2. The maximum Gasteiger partial charge on any atom is 0.253 e. The standard InChI is InChI=1S/C12H13NO.C10H13N3O/c14-12(9-4-2-1-3-5-9)13-7-10-6-11(10)8-13;1-2-12-10(14)6-4-8-3-5-9(11)13-7-8/h1-5,10-11H,6-8H2;3-7H,2H2,1H3,(H2,11,13)(H,12,14)/b;6-4+. The smallest absolute Gasteiger partial charge is 0.253 e. The number of fused-ring (bicyclic) bond motifs is 1. The third-order valence-corrected chi connectivity index (χ3v) is 4.87. The normalized spacial score (nSPS) is 19.5. The first-order chi connectivity index (χ1) is 13.6. The van der Waals surface area contributed by atoms with Gasteiger partial charge in [-0.25, -0.2) is 4.98 Å². The minimum absolute atomic E-state index is 0.107. The second-order valence-corrected chi connectivity index (χ2v) is 7.08. The highest BCUT2D eigenvalue weighted by Crippen LogP contribution is 2.45. The van der Waals surface area contributed by atoms with Gasteiger partial charge in [-0.2, -0.15) is 0 Å². The van der Waals surface area contributed by atoms with Crippen molar-refractivity contribution in [3.8, 4) is 0 Å². The van der Waals surface area contributed by atoms with Gasteiger partial charge in [0.1, 0.15) is 5.82 Å². The number of nitrogens with two attached hydrogens (primary N) is 1. The number of piperidine rings is 1. The lowest BCUT2D eigenvalue weighted by molar-refractivity contribution is -0.116. The molecular weight excluding hydrogens is 352 g/mol. The zero-order chi connectivity index (χ0) is 19.9. The first-order valence-corrected chi connectivity index (χ1v) is 9.58. The van der Waals surface area contributed by atoms with Crippen LogP contribution < -0.4 is 11.1 Å². The number of anilines is 1. The molecule has 1 saturated carbocycles. The summed E-state index contributed by atoms with van der Waals surface area (Å²) < 4.78 is 0. The summed E-state index contributed by atoms with van der Waals surface area (Å²) in [6.45, 7) is 4.47. The Morgan fingerprint density at radius 3 is 2.50 bits per heavy atom. The van der Waals surface area contributed by atoms with Crippen LogP contribution in [0.3, 0.4) is 0 Å². The molecule has 2 aliphatic rings. The van der Waals surface area contributed by atoms with Crippen LogP contribution in [0.25, 0.3) is 6.08 Å². The van der Waals surface area contributed by atoms with Gasteiger partial charge in [0.2, 0.25) is 5.91 Å². The lowest BCUT2D eigenvalue weighted by Crippen LogP contribution is -2.30. The summed E-state index contributed by atoms with van der Waals surface area (Å²) in [7, 11) is 0. The van der Waals surface area contributed by atoms with E-state index < -0.39 is 0 Å². The molecule has 6 nitrogen and oxygen atoms in total. The number of rotatable bonds is 4. The van der Waals surface area contributed by atoms with E-state index in [0.717, 1.165) is 36.1 Å². The number of likely N-dealkylation sites (tertiary alicyclic amines) is 1. The number of hydrogen-bond acceptors (Lipinski definition) is 4. The minimum atomic E-state index is -0.107. The molecule has 0 spiro atoms. The molecule has 1 saturated heterocycles. The van der Waals surface area contributed by atoms with Crippen molar-refractivity contribution in [1.82, 2.24) is 15.2 Å². The van der Waals surface area contributed by atoms with E-state index in [2.05, 4.69) is 10.3 Å². The summed E-state index contributed by atoms with van der Waals surface area (Å²) in [6.07, 6.45) is 6.12. The van der Waals surface area contributed by atoms with Gasteiger partial charge in [0.05, 0.1) is 0 Å². The van der Waals surface area contributed by atoms with Crippen LogP contribution in [0.4, 0.5) is 5.82 Å². The van der Waals surface area contributed by atoms with Crippen LogP contribution >= 0.6 is 0 Å². The van der Waals surface area contributed by atoms with Crippen molar-refractivity contribution in [1.29, 1.82) is 0 Å². The van der Waals surface area contributed by atoms with Crippen molar-refractivity contribution in [3.05, 3.63) is 65.9 Å². The van der Waals surface area contributed by atoms with Crippen molar-refractivity contribution in [2.75, 3.05) is 25.4 Å². The van der Waals surface area contributed by atoms with Gasteiger partial charge in [-0.3, -0.25) is 9.59 Å². The summed E-state index contributed by atoms with van der Waals surface area (Å²) in [5.74, 6) is 2.22. The largest absolute Gasteiger partial charge is 0.384 e. The molecule has 2 unspecified atom stereocenters. The fraction of sp³-hybridized carbons (Fsp3) is 0.318. The van der Waals surface area contributed by atoms with Gasteiger partial charge in [0, 0.05) is 37.5 Å². The number of nitrogen functional groups attached to an aromatic ring is 1. The van der Waals surface area contributed by atoms with Crippen LogP contribution in [0, 0.1) is 11.8 Å². The number of aromatic nitrogens is 1. The highest BCUT2D eigenvalue weighted by atomic mass is 16.2. The predicted octanol–water partition coefficient (Wildman–Crippen LogP) is 2.59. The van der Waals surface area contributed by atoms with E-state index in [1.807, 2.05) is 42.2 Å². The molecule has 2 heterocycles. The highest BCUT2D eigenvalue weighted by molar-refractivity contribution is 5.94. The molecule has 28 heavy (non-hydrogen) atoms. The van der Waals surface area contributed by atoms with E-state index in [1.54, 1.807) is 24.4 Å². The topological polar surface area (TPSA) is 88.3 Å². The highest BCUT2D eigenvalue weighted by Gasteiger charge is 2.46. The number of benzene rings is 1. The number of likely N-dealkylation sites (N-methyl/N-ethyl adjacent to an activating group) is 1. The van der Waals surface area contributed by atoms with Gasteiger partial charge >= 0.3 is 0 Å². The summed E-state index contributed by atoms with van der Waals surface area (Å²) in [4.78, 5) is 28.9. The van der Waals surface area contributed by atoms with Crippen LogP contribution in [0.1, 0.15) is 29.3 Å². The number of nitrogens with one attached hydrogen (secondary N) is 1. The van der Waals surface area contributed by atoms with Crippen molar-refractivity contribution < 1.29 is 9.59 Å². The Kier molecular flexibility index (Phi) is 6.42. The maximum atomic E-state index is 11.9. The maximum absolute atomic E-state index is 11.9. The molecule has 1 aliphatic carbocycles. The van der Waals surface area contributed by atoms with Crippen molar-refractivity contribution in [2.45, 2.75) is 13.3 Å². The van der Waals surface area contributed by atoms with Crippen molar-refractivity contribution in [3.63, 3.8) is 0 Å². The number of nitrogens with zero attached hydrogens (tertiary/aromatic N) is 2. The summed E-state index contributed by atoms with van der Waals surface area (Å²) in [5, 5.41) is 2.66. The van der Waals surface area contributed by atoms with Gasteiger partial charge in [-0.15, -0.1) is 0 Å². The number of carbonyl (C=O) groups excluding carboxylic acids is 2. The first kappa shape index (κ1) is 19.6. The van der Waals surface area contributed by atoms with E-state index in [9.17, 15) is 9.59 Å². The molecule has 2 aromatic rings. The second-order valence-electron chi connectivity index (χ2n) is 7.08. The third kappa shape index (κ3) is 5.42. The number of amides is 2. The molecule has 2 fully saturated rings. The predicted molar refractivity (Wildman–Crippen MR) is 110 cm³/mol. The Morgan fingerprint density at radius 2 is 1.89 bits per heavy atom. The molecule has 146 valence electrons. The van der Waals surface area contributed by atoms with Crippen LogP contribution in [-0.2, 0) is 4.79 Å². The lowest BCUT2D eigenvalue weighted by atomic mass is 10.2. The molecule has 1 aliphatic heterocycles. The molecular formula is C22H26N4O2. The van der Waals surface area contributed by atoms with Gasteiger partial charge in [0.25, 0.3) is 5.91 Å². The molecule has 2 atom stereocenters. The Hall–Kier alpha value is -3.15. The third-order valence-electron chi connectivity index (χ3n) is 4.87. The van der Waals surface area contributed by atoms with E-state index >= 15 is 0 Å². The van der Waals surface area contributed by atoms with Gasteiger partial charge in [0.15, 0.2) is 0 Å². The minimum Gasteiger partial charge on any atom is -0.384 e. The average molecular weight is 378 g/mol. The Morgan fingerprint density at radius 1 is 1.18 bits per heavy atom. The van der Waals surface area contributed by atoms with E-state index in [-0.39, 0.29) is 11.8 Å². The number of carbonyl (C=O) groups is 2. The molecule has 0 bridgehead atoms. The monoisotopic (exact) mass is 378 g/mol. The molecule has 1 aromatic heterocycles. The number of pyridine rings is 1. The second kappa shape index (κ2) is 9.17. The van der Waals surface area contributed by atoms with E-state index in [0.29, 0.717) is 12.4 Å². The zero-order valence-corrected chi connectivity index (χ0v) is 16.0. The molecule has 4 rings (SSSR count). The van der Waals surface area contributed by atoms with Crippen LogP contribution in [0.5, 0.6) is 0 Å². The summed E-state index contributed by atoms with van der Waals surface area (Å²) >= 11 is 0. The zero-order valence-electron chi connectivity index (χ0n) is 16.0. The quantitative estimate of drug-likeness (QED) is 0.801. The molecule has 1 aromatic carbocycles. The van der Waals surface area contributed by atoms with Gasteiger partial charge in [-0.05, 0) is 61.1 Å².